The van der Waals surface area contributed by atoms with Crippen molar-refractivity contribution >= 4 is 73.8 Å². The van der Waals surface area contributed by atoms with E-state index in [1.165, 1.54) is 79.3 Å². The minimum atomic E-state index is -2.99. The van der Waals surface area contributed by atoms with E-state index in [0.29, 0.717) is 49.0 Å². The van der Waals surface area contributed by atoms with Crippen LogP contribution in [-0.2, 0) is 78.7 Å². The molecule has 2 saturated heterocycles. The summed E-state index contributed by atoms with van der Waals surface area (Å²) in [7, 11) is -2.25. The van der Waals surface area contributed by atoms with Crippen LogP contribution in [-0.4, -0.2) is 195 Å². The summed E-state index contributed by atoms with van der Waals surface area (Å²) in [6.07, 6.45) is 18.0. The van der Waals surface area contributed by atoms with Gasteiger partial charge in [-0.05, 0) is 192 Å². The number of urea groups is 1. The van der Waals surface area contributed by atoms with E-state index in [4.69, 9.17) is 9.47 Å². The molecule has 0 bridgehead atoms. The molecule has 0 aromatic carbocycles. The molecule has 3 amide bonds. The molecule has 5 fully saturated rings. The molecule has 9 N–H and O–H groups in total. The summed E-state index contributed by atoms with van der Waals surface area (Å²) in [5.74, 6) is 3.09. The van der Waals surface area contributed by atoms with Crippen LogP contribution in [0.3, 0.4) is 0 Å². The van der Waals surface area contributed by atoms with E-state index in [1.54, 1.807) is 48.7 Å². The molecule has 0 aromatic rings. The van der Waals surface area contributed by atoms with Gasteiger partial charge in [-0.1, -0.05) is 94.6 Å². The Morgan fingerprint density at radius 2 is 1.10 bits per heavy atom. The number of amides is 3. The van der Waals surface area contributed by atoms with E-state index in [0.717, 1.165) is 89.4 Å². The van der Waals surface area contributed by atoms with Crippen LogP contribution < -0.4 is 44.9 Å². The molecule has 3 saturated carbocycles. The van der Waals surface area contributed by atoms with Crippen molar-refractivity contribution in [1.82, 2.24) is 44.9 Å². The summed E-state index contributed by atoms with van der Waals surface area (Å²) < 4.78 is 130. The van der Waals surface area contributed by atoms with Gasteiger partial charge in [0.05, 0.1) is 47.1 Å². The van der Waals surface area contributed by atoms with Crippen LogP contribution in [0.5, 0.6) is 0 Å². The largest absolute Gasteiger partial charge is 0.466 e. The Bertz CT molecular complexity index is 2460. The van der Waals surface area contributed by atoms with Crippen molar-refractivity contribution in [1.29, 1.82) is 0 Å². The van der Waals surface area contributed by atoms with Gasteiger partial charge in [-0.15, -0.1) is 6.58 Å². The Labute approximate surface area is 588 Å². The summed E-state index contributed by atoms with van der Waals surface area (Å²) in [5.41, 5.74) is 1.93. The van der Waals surface area contributed by atoms with Crippen LogP contribution in [0, 0.1) is 29.1 Å². The second-order valence-corrected chi connectivity index (χ2v) is 36.0. The van der Waals surface area contributed by atoms with E-state index in [1.807, 2.05) is 41.7 Å². The standard InChI is InChI=1S/C8H17NO.C7H14O.C7H16.C6H12O.C5H10N2O.C5H9NO.C5H10O2.C5H10.C4H9NO2S.2C4H11NO2S.C3H9NO2S.C2H7NO2S/c1-8(2)4-7(5-9-3)6-10-8;1-2-7-3-5-8-6-4-7;1-5-6-7(2,3)4;1-4-6(7)5(2)3;1-6-5(8)7-4-2-3-4;1-6-5(7)4-2-3-4;1-3-5(6)7-4-2;1-4-5(2)3;1-5-8(6,7)4-2-3-4;1-4(2)8(6,7)5-3;1-3-4-8(6,7)5-2;1-3-7(5,6)4-2;1-3-6(2,4)5/h7,9H,4-6H2,1-3H3;7H,2-6H2,1H3;5-6H2,1-4H3;5H,4H2,1-3H3;4H,2-3H2,1H3,(H2,6,7,8);4H,2-3H2,1H3,(H,6,7);3-4H2,1-2H3;2,4H2,1,3H3;4-5H,2-3H2,1H3;4-5H,1-3H3;5H,3-4H2,1-2H3;4H,3H2,1-2H3;3H,1-2H3. The van der Waals surface area contributed by atoms with Gasteiger partial charge in [-0.25, -0.2) is 70.5 Å². The maximum atomic E-state index is 10.7. The van der Waals surface area contributed by atoms with Crippen LogP contribution in [0.1, 0.15) is 227 Å². The number of nitrogens with one attached hydrogen (secondary N) is 9. The van der Waals surface area contributed by atoms with Crippen molar-refractivity contribution in [3.8, 4) is 0 Å². The van der Waals surface area contributed by atoms with Crippen LogP contribution in [0.2, 0.25) is 0 Å². The molecule has 2 heterocycles. The Hall–Kier alpha value is -2.95. The Balaban J connectivity index is -0.000000146. The van der Waals surface area contributed by atoms with Gasteiger partial charge in [0.25, 0.3) is 0 Å². The van der Waals surface area contributed by atoms with Gasteiger partial charge in [0.1, 0.15) is 5.78 Å². The molecule has 1 unspecified atom stereocenters. The molecule has 0 aromatic heterocycles. The van der Waals surface area contributed by atoms with Crippen molar-refractivity contribution in [2.24, 2.45) is 29.1 Å². The number of hydrogen-bond acceptors (Lipinski definition) is 18. The third-order valence-corrected chi connectivity index (χ3v) is 20.8. The van der Waals surface area contributed by atoms with Gasteiger partial charge in [0, 0.05) is 58.0 Å². The number of carbonyl (C=O) groups excluding carboxylic acids is 4. The quantitative estimate of drug-likeness (QED) is 0.0383. The van der Waals surface area contributed by atoms with Crippen molar-refractivity contribution in [2.75, 3.05) is 107 Å². The molecule has 2 aliphatic heterocycles. The lowest BCUT2D eigenvalue weighted by molar-refractivity contribution is -0.142. The molecule has 31 heteroatoms. The maximum Gasteiger partial charge on any atom is 0.314 e. The van der Waals surface area contributed by atoms with Gasteiger partial charge in [-0.3, -0.25) is 14.4 Å². The van der Waals surface area contributed by atoms with E-state index >= 15 is 0 Å². The van der Waals surface area contributed by atoms with E-state index < -0.39 is 50.1 Å². The summed E-state index contributed by atoms with van der Waals surface area (Å²) in [5, 5.41) is 10.6. The fourth-order valence-corrected chi connectivity index (χ4v) is 9.07. The Morgan fingerprint density at radius 1 is 0.625 bits per heavy atom. The highest BCUT2D eigenvalue weighted by atomic mass is 32.2. The molecule has 26 nitrogen and oxygen atoms in total. The van der Waals surface area contributed by atoms with Gasteiger partial charge in [0.15, 0.2) is 0 Å². The molecule has 582 valence electrons. The molecule has 1 atom stereocenters. The lowest BCUT2D eigenvalue weighted by atomic mass is 9.91. The number of rotatable bonds is 21. The number of allylic oxidation sites excluding steroid dienone is 1. The third-order valence-electron chi connectivity index (χ3n) is 13.4. The first-order valence-electron chi connectivity index (χ1n) is 34.0. The second-order valence-electron chi connectivity index (χ2n) is 25.2. The summed E-state index contributed by atoms with van der Waals surface area (Å²) in [6.45, 7) is 43.9. The zero-order chi connectivity index (χ0) is 77.2. The number of sulfonamides is 5. The average Bonchev–Trinajstić information content (AvgIpc) is 1.78. The third kappa shape index (κ3) is 85.3. The van der Waals surface area contributed by atoms with E-state index in [2.05, 4.69) is 112 Å². The summed E-state index contributed by atoms with van der Waals surface area (Å²) in [4.78, 5) is 41.6. The first-order valence-corrected chi connectivity index (χ1v) is 42.3. The smallest absolute Gasteiger partial charge is 0.314 e. The van der Waals surface area contributed by atoms with Gasteiger partial charge in [-0.2, -0.15) is 0 Å². The van der Waals surface area contributed by atoms with Gasteiger partial charge >= 0.3 is 12.0 Å². The molecular weight excluding hydrogens is 1340 g/mol. The lowest BCUT2D eigenvalue weighted by Gasteiger charge is -2.19. The van der Waals surface area contributed by atoms with Crippen LogP contribution in [0.4, 0.5) is 4.79 Å². The van der Waals surface area contributed by atoms with Gasteiger partial charge in [0.2, 0.25) is 56.0 Å². The molecular formula is C65H145N9O17S5. The Kier molecular flexibility index (Phi) is 71.5. The zero-order valence-corrected chi connectivity index (χ0v) is 69.1. The molecule has 96 heavy (non-hydrogen) atoms. The fourth-order valence-electron chi connectivity index (χ4n) is 6.48. The molecule has 5 rings (SSSR count). The number of esters is 1. The first-order chi connectivity index (χ1) is 44.0. The fraction of sp³-hybridized carbons (Fsp3) is 0.908. The highest BCUT2D eigenvalue weighted by Crippen LogP contribution is 2.29. The van der Waals surface area contributed by atoms with Crippen molar-refractivity contribution in [2.45, 2.75) is 250 Å². The summed E-state index contributed by atoms with van der Waals surface area (Å²) in [6, 6.07) is 0.405. The highest BCUT2D eigenvalue weighted by Gasteiger charge is 2.34. The minimum absolute atomic E-state index is 0.0625. The zero-order valence-electron chi connectivity index (χ0n) is 65.0. The van der Waals surface area contributed by atoms with Crippen molar-refractivity contribution in [3.05, 3.63) is 12.2 Å². The molecule has 3 aliphatic carbocycles. The van der Waals surface area contributed by atoms with Crippen molar-refractivity contribution < 1.29 is 75.5 Å². The highest BCUT2D eigenvalue weighted by molar-refractivity contribution is 7.90. The SMILES string of the molecule is C=C(C)CC.CCC(=O)C(C)C.CCC1CCOCC1.CCCC(C)(C)C.CCCS(=O)(=O)NC.CCOC(=O)CC.CCS(=O)(=O)NC.CNC(=O)C1CC1.CNC(=O)NC1CC1.CNCC1COC(C)(C)C1.CNS(=O)(=O)C(C)C.CNS(=O)(=O)C1CC1.CNS(C)(=O)=O. The number of ether oxygens (including phenoxy) is 3. The number of ketones is 1. The maximum absolute atomic E-state index is 10.7. The molecule has 5 aliphatic rings. The van der Waals surface area contributed by atoms with Crippen molar-refractivity contribution in [3.63, 3.8) is 0 Å². The second kappa shape index (κ2) is 63.0. The number of hydrogen-bond donors (Lipinski definition) is 9. The average molecular weight is 1490 g/mol. The number of Topliss-reactive ketones (excluding diaryl/α,β-unsaturated/α-hetero) is 1. The Morgan fingerprint density at radius 3 is 1.25 bits per heavy atom. The van der Waals surface area contributed by atoms with E-state index in [9.17, 15) is 61.3 Å². The van der Waals surface area contributed by atoms with Crippen LogP contribution in [0.25, 0.3) is 0 Å². The molecule has 0 radical (unpaired) electrons. The monoisotopic (exact) mass is 1480 g/mol. The molecule has 0 spiro atoms. The first kappa shape index (κ1) is 109. The summed E-state index contributed by atoms with van der Waals surface area (Å²) >= 11 is 0. The predicted molar refractivity (Wildman–Crippen MR) is 400 cm³/mol. The van der Waals surface area contributed by atoms with Crippen LogP contribution in [0.15, 0.2) is 12.2 Å². The lowest BCUT2D eigenvalue weighted by Crippen LogP contribution is -2.34. The van der Waals surface area contributed by atoms with Gasteiger partial charge < -0.3 is 35.5 Å². The number of carbonyl (C=O) groups is 4. The minimum Gasteiger partial charge on any atom is -0.466 e. The topological polar surface area (TPSA) is 375 Å². The van der Waals surface area contributed by atoms with E-state index in [-0.39, 0.29) is 51.4 Å². The normalized spacial score (nSPS) is 16.0. The van der Waals surface area contributed by atoms with Crippen LogP contribution >= 0.6 is 0 Å². The predicted octanol–water partition coefficient (Wildman–Crippen LogP) is 8.76.